The fourth-order valence-electron chi connectivity index (χ4n) is 2.85. The van der Waals surface area contributed by atoms with Crippen LogP contribution < -0.4 is 5.32 Å². The number of rotatable bonds is 8. The second kappa shape index (κ2) is 8.44. The molecule has 1 aliphatic heterocycles. The Bertz CT molecular complexity index is 438. The first kappa shape index (κ1) is 16.4. The van der Waals surface area contributed by atoms with Crippen LogP contribution in [0.3, 0.4) is 0 Å². The first-order valence-corrected chi connectivity index (χ1v) is 9.27. The molecule has 1 fully saturated rings. The van der Waals surface area contributed by atoms with E-state index in [1.54, 1.807) is 0 Å². The van der Waals surface area contributed by atoms with Crippen LogP contribution in [0.2, 0.25) is 0 Å². The van der Waals surface area contributed by atoms with Crippen molar-refractivity contribution in [2.75, 3.05) is 18.6 Å². The zero-order valence-electron chi connectivity index (χ0n) is 13.0. The summed E-state index contributed by atoms with van der Waals surface area (Å²) in [6.45, 7) is 2.99. The Morgan fingerprint density at radius 2 is 2.00 bits per heavy atom. The molecule has 1 aromatic carbocycles. The normalized spacial score (nSPS) is 22.0. The Hall–Kier alpha value is -1.00. The zero-order chi connectivity index (χ0) is 15.1. The van der Waals surface area contributed by atoms with Gasteiger partial charge in [-0.05, 0) is 36.8 Å². The van der Waals surface area contributed by atoms with Gasteiger partial charge in [0.15, 0.2) is 0 Å². The lowest BCUT2D eigenvalue weighted by atomic mass is 10.1. The molecule has 1 aromatic rings. The molecule has 1 aliphatic rings. The minimum Gasteiger partial charge on any atom is -0.322 e. The molecule has 21 heavy (non-hydrogen) atoms. The molecule has 2 rings (SSSR count). The van der Waals surface area contributed by atoms with Gasteiger partial charge in [-0.1, -0.05) is 43.7 Å². The smallest absolute Gasteiger partial charge is 0.241 e. The van der Waals surface area contributed by atoms with Crippen LogP contribution in [0, 0.1) is 0 Å². The molecule has 2 atom stereocenters. The Morgan fingerprint density at radius 1 is 1.24 bits per heavy atom. The van der Waals surface area contributed by atoms with Crippen LogP contribution in [0.25, 0.3) is 0 Å². The maximum absolute atomic E-state index is 12.6. The first-order valence-electron chi connectivity index (χ1n) is 7.88. The van der Waals surface area contributed by atoms with Crippen LogP contribution in [0.15, 0.2) is 30.3 Å². The number of unbranched alkanes of at least 4 members (excludes halogenated alkanes) is 1. The fourth-order valence-corrected chi connectivity index (χ4v) is 3.35. The van der Waals surface area contributed by atoms with Crippen molar-refractivity contribution in [1.29, 1.82) is 0 Å². The van der Waals surface area contributed by atoms with Gasteiger partial charge in [0.25, 0.3) is 0 Å². The van der Waals surface area contributed by atoms with Gasteiger partial charge in [0.2, 0.25) is 5.91 Å². The number of carbonyl (C=O) groups is 1. The van der Waals surface area contributed by atoms with E-state index < -0.39 is 0 Å². The van der Waals surface area contributed by atoms with Gasteiger partial charge >= 0.3 is 0 Å². The number of nitrogens with one attached hydrogen (secondary N) is 1. The Morgan fingerprint density at radius 3 is 2.67 bits per heavy atom. The van der Waals surface area contributed by atoms with Crippen molar-refractivity contribution in [2.45, 2.75) is 44.8 Å². The van der Waals surface area contributed by atoms with Crippen molar-refractivity contribution in [1.82, 2.24) is 10.2 Å². The topological polar surface area (TPSA) is 32.3 Å². The molecule has 3 nitrogen and oxygen atoms in total. The second-order valence-corrected chi connectivity index (χ2v) is 6.54. The number of hydrogen-bond acceptors (Lipinski definition) is 3. The predicted molar refractivity (Wildman–Crippen MR) is 90.3 cm³/mol. The van der Waals surface area contributed by atoms with Gasteiger partial charge in [0.05, 0.1) is 6.04 Å². The SMILES string of the molecule is CCCC1NC(c2ccccc2)N(CCCCSC)C1=O. The average molecular weight is 306 g/mol. The van der Waals surface area contributed by atoms with E-state index in [1.807, 2.05) is 34.9 Å². The van der Waals surface area contributed by atoms with Gasteiger partial charge in [0, 0.05) is 6.54 Å². The van der Waals surface area contributed by atoms with E-state index in [0.29, 0.717) is 0 Å². The van der Waals surface area contributed by atoms with Gasteiger partial charge in [0.1, 0.15) is 6.17 Å². The van der Waals surface area contributed by atoms with Gasteiger partial charge < -0.3 is 4.90 Å². The molecule has 0 spiro atoms. The van der Waals surface area contributed by atoms with E-state index in [1.165, 1.54) is 17.7 Å². The third kappa shape index (κ3) is 4.24. The van der Waals surface area contributed by atoms with Crippen molar-refractivity contribution in [3.8, 4) is 0 Å². The minimum atomic E-state index is -0.0132. The maximum atomic E-state index is 12.6. The Labute approximate surface area is 132 Å². The summed E-state index contributed by atoms with van der Waals surface area (Å²) in [6, 6.07) is 10.3. The predicted octanol–water partition coefficient (Wildman–Crippen LogP) is 3.43. The van der Waals surface area contributed by atoms with Crippen molar-refractivity contribution in [3.05, 3.63) is 35.9 Å². The third-order valence-electron chi connectivity index (χ3n) is 3.94. The molecule has 0 radical (unpaired) electrons. The highest BCUT2D eigenvalue weighted by Crippen LogP contribution is 2.27. The summed E-state index contributed by atoms with van der Waals surface area (Å²) >= 11 is 1.87. The summed E-state index contributed by atoms with van der Waals surface area (Å²) in [5.74, 6) is 1.44. The van der Waals surface area contributed by atoms with Crippen molar-refractivity contribution in [3.63, 3.8) is 0 Å². The van der Waals surface area contributed by atoms with Crippen LogP contribution in [0.5, 0.6) is 0 Å². The van der Waals surface area contributed by atoms with E-state index in [2.05, 4.69) is 30.6 Å². The molecule has 1 N–H and O–H groups in total. The largest absolute Gasteiger partial charge is 0.322 e. The number of hydrogen-bond donors (Lipinski definition) is 1. The van der Waals surface area contributed by atoms with Crippen LogP contribution in [-0.4, -0.2) is 35.4 Å². The number of carbonyl (C=O) groups excluding carboxylic acids is 1. The molecule has 0 aromatic heterocycles. The summed E-state index contributed by atoms with van der Waals surface area (Å²) in [6.07, 6.45) is 6.38. The van der Waals surface area contributed by atoms with Crippen molar-refractivity contribution in [2.24, 2.45) is 0 Å². The molecule has 0 aliphatic carbocycles. The van der Waals surface area contributed by atoms with Crippen LogP contribution >= 0.6 is 11.8 Å². The molecule has 4 heteroatoms. The van der Waals surface area contributed by atoms with Crippen LogP contribution in [0.1, 0.15) is 44.3 Å². The molecule has 0 bridgehead atoms. The van der Waals surface area contributed by atoms with E-state index in [4.69, 9.17) is 0 Å². The number of amides is 1. The van der Waals surface area contributed by atoms with E-state index in [9.17, 15) is 4.79 Å². The van der Waals surface area contributed by atoms with Gasteiger partial charge in [-0.25, -0.2) is 0 Å². The highest BCUT2D eigenvalue weighted by Gasteiger charge is 2.38. The standard InChI is InChI=1S/C17H26N2OS/c1-3-9-15-17(20)19(12-7-8-13-21-2)16(18-15)14-10-5-4-6-11-14/h4-6,10-11,15-16,18H,3,7-9,12-13H2,1-2H3. The number of nitrogens with zero attached hydrogens (tertiary/aromatic N) is 1. The van der Waals surface area contributed by atoms with E-state index in [-0.39, 0.29) is 18.1 Å². The summed E-state index contributed by atoms with van der Waals surface area (Å²) in [4.78, 5) is 14.6. The molecular formula is C17H26N2OS. The Balaban J connectivity index is 2.06. The highest BCUT2D eigenvalue weighted by molar-refractivity contribution is 7.98. The zero-order valence-corrected chi connectivity index (χ0v) is 13.9. The van der Waals surface area contributed by atoms with Crippen molar-refractivity contribution < 1.29 is 4.79 Å². The summed E-state index contributed by atoms with van der Waals surface area (Å²) < 4.78 is 0. The lowest BCUT2D eigenvalue weighted by Crippen LogP contribution is -2.32. The fraction of sp³-hybridized carbons (Fsp3) is 0.588. The molecule has 1 saturated heterocycles. The Kier molecular flexibility index (Phi) is 6.58. The number of benzene rings is 1. The molecule has 2 unspecified atom stereocenters. The van der Waals surface area contributed by atoms with Crippen LogP contribution in [-0.2, 0) is 4.79 Å². The van der Waals surface area contributed by atoms with Crippen molar-refractivity contribution >= 4 is 17.7 Å². The highest BCUT2D eigenvalue weighted by atomic mass is 32.2. The summed E-state index contributed by atoms with van der Waals surface area (Å²) in [7, 11) is 0. The van der Waals surface area contributed by atoms with E-state index >= 15 is 0 Å². The molecule has 1 heterocycles. The average Bonchev–Trinajstić information content (AvgIpc) is 2.82. The molecule has 1 amide bonds. The lowest BCUT2D eigenvalue weighted by Gasteiger charge is -2.24. The lowest BCUT2D eigenvalue weighted by molar-refractivity contribution is -0.130. The van der Waals surface area contributed by atoms with Gasteiger partial charge in [-0.2, -0.15) is 11.8 Å². The van der Waals surface area contributed by atoms with Gasteiger partial charge in [-0.3, -0.25) is 10.1 Å². The van der Waals surface area contributed by atoms with Crippen LogP contribution in [0.4, 0.5) is 0 Å². The number of thioether (sulfide) groups is 1. The first-order chi connectivity index (χ1) is 10.3. The van der Waals surface area contributed by atoms with Gasteiger partial charge in [-0.15, -0.1) is 0 Å². The molecule has 0 saturated carbocycles. The molecular weight excluding hydrogens is 280 g/mol. The quantitative estimate of drug-likeness (QED) is 0.747. The summed E-state index contributed by atoms with van der Waals surface area (Å²) in [5, 5.41) is 3.52. The third-order valence-corrected chi connectivity index (χ3v) is 4.64. The van der Waals surface area contributed by atoms with E-state index in [0.717, 1.165) is 25.8 Å². The minimum absolute atomic E-state index is 0.0132. The monoisotopic (exact) mass is 306 g/mol. The summed E-state index contributed by atoms with van der Waals surface area (Å²) in [5.41, 5.74) is 1.19. The second-order valence-electron chi connectivity index (χ2n) is 5.55. The molecule has 116 valence electrons. The maximum Gasteiger partial charge on any atom is 0.241 e.